The van der Waals surface area contributed by atoms with Crippen LogP contribution in [0.25, 0.3) is 0 Å². The van der Waals surface area contributed by atoms with Crippen molar-refractivity contribution in [1.29, 1.82) is 0 Å². The summed E-state index contributed by atoms with van der Waals surface area (Å²) in [5.74, 6) is 0.385. The molecule has 21 heavy (non-hydrogen) atoms. The third-order valence-corrected chi connectivity index (χ3v) is 3.24. The maximum Gasteiger partial charge on any atom is 0.257 e. The fourth-order valence-corrected chi connectivity index (χ4v) is 2.23. The number of carbonyl (C=O) groups excluding carboxylic acids is 1. The lowest BCUT2D eigenvalue weighted by atomic mass is 10.1. The highest BCUT2D eigenvalue weighted by Crippen LogP contribution is 2.27. The number of rotatable bonds is 5. The summed E-state index contributed by atoms with van der Waals surface area (Å²) in [6.07, 6.45) is 0. The van der Waals surface area contributed by atoms with E-state index in [0.29, 0.717) is 22.0 Å². The first-order chi connectivity index (χ1) is 10.2. The third-order valence-electron chi connectivity index (χ3n) is 2.95. The molecule has 0 aliphatic rings. The fourth-order valence-electron chi connectivity index (χ4n) is 1.97. The van der Waals surface area contributed by atoms with Gasteiger partial charge in [-0.1, -0.05) is 23.7 Å². The van der Waals surface area contributed by atoms with E-state index < -0.39 is 0 Å². The summed E-state index contributed by atoms with van der Waals surface area (Å²) in [5.41, 5.74) is 2.01. The van der Waals surface area contributed by atoms with Gasteiger partial charge < -0.3 is 15.4 Å². The van der Waals surface area contributed by atoms with Crippen LogP contribution in [0.1, 0.15) is 17.3 Å². The Morgan fingerprint density at radius 2 is 2.00 bits per heavy atom. The topological polar surface area (TPSA) is 50.4 Å². The zero-order valence-electron chi connectivity index (χ0n) is 11.9. The molecule has 0 aliphatic heterocycles. The Labute approximate surface area is 129 Å². The summed E-state index contributed by atoms with van der Waals surface area (Å²) in [6.45, 7) is 2.73. The van der Waals surface area contributed by atoms with Crippen LogP contribution in [-0.2, 0) is 0 Å². The average Bonchev–Trinajstić information content (AvgIpc) is 2.48. The van der Waals surface area contributed by atoms with Crippen LogP contribution < -0.4 is 15.4 Å². The summed E-state index contributed by atoms with van der Waals surface area (Å²) in [6, 6.07) is 12.5. The predicted molar refractivity (Wildman–Crippen MR) is 86.6 cm³/mol. The molecule has 0 unspecified atom stereocenters. The minimum atomic E-state index is -0.187. The molecule has 110 valence electrons. The summed E-state index contributed by atoms with van der Waals surface area (Å²) < 4.78 is 5.09. The molecule has 2 N–H and O–H groups in total. The zero-order chi connectivity index (χ0) is 15.2. The molecule has 0 aromatic heterocycles. The van der Waals surface area contributed by atoms with E-state index in [2.05, 4.69) is 10.6 Å². The quantitative estimate of drug-likeness (QED) is 0.876. The van der Waals surface area contributed by atoms with Crippen LogP contribution in [0.3, 0.4) is 0 Å². The Balaban J connectivity index is 2.20. The van der Waals surface area contributed by atoms with Crippen LogP contribution in [0.2, 0.25) is 5.02 Å². The van der Waals surface area contributed by atoms with E-state index in [1.165, 1.54) is 0 Å². The van der Waals surface area contributed by atoms with Crippen molar-refractivity contribution in [2.75, 3.05) is 24.3 Å². The molecule has 2 aromatic carbocycles. The molecule has 4 nitrogen and oxygen atoms in total. The molecule has 2 aromatic rings. The smallest absolute Gasteiger partial charge is 0.257 e. The Morgan fingerprint density at radius 1 is 1.24 bits per heavy atom. The van der Waals surface area contributed by atoms with E-state index in [4.69, 9.17) is 16.3 Å². The second-order valence-electron chi connectivity index (χ2n) is 4.38. The standard InChI is InChI=1S/C16H17ClN2O2/c1-3-18-14-7-5-4-6-12(14)16(20)19-11-8-9-15(21-2)13(17)10-11/h4-10,18H,3H2,1-2H3,(H,19,20). The zero-order valence-corrected chi connectivity index (χ0v) is 12.7. The first-order valence-electron chi connectivity index (χ1n) is 6.63. The van der Waals surface area contributed by atoms with Crippen molar-refractivity contribution in [3.05, 3.63) is 53.1 Å². The van der Waals surface area contributed by atoms with Gasteiger partial charge in [-0.2, -0.15) is 0 Å². The van der Waals surface area contributed by atoms with Crippen molar-refractivity contribution in [1.82, 2.24) is 0 Å². The van der Waals surface area contributed by atoms with Crippen molar-refractivity contribution < 1.29 is 9.53 Å². The molecule has 0 saturated heterocycles. The van der Waals surface area contributed by atoms with Gasteiger partial charge in [0.1, 0.15) is 5.75 Å². The minimum absolute atomic E-state index is 0.187. The molecule has 0 saturated carbocycles. The normalized spacial score (nSPS) is 10.0. The first kappa shape index (κ1) is 15.2. The van der Waals surface area contributed by atoms with Crippen molar-refractivity contribution in [3.8, 4) is 5.75 Å². The van der Waals surface area contributed by atoms with E-state index in [1.807, 2.05) is 25.1 Å². The molecule has 0 fully saturated rings. The van der Waals surface area contributed by atoms with E-state index in [9.17, 15) is 4.79 Å². The van der Waals surface area contributed by atoms with Gasteiger partial charge in [0.25, 0.3) is 5.91 Å². The highest BCUT2D eigenvalue weighted by atomic mass is 35.5. The van der Waals surface area contributed by atoms with E-state index >= 15 is 0 Å². The lowest BCUT2D eigenvalue weighted by Crippen LogP contribution is -2.14. The van der Waals surface area contributed by atoms with E-state index in [-0.39, 0.29) is 5.91 Å². The Bertz CT molecular complexity index is 644. The summed E-state index contributed by atoms with van der Waals surface area (Å²) in [5, 5.41) is 6.45. The lowest BCUT2D eigenvalue weighted by Gasteiger charge is -2.11. The maximum absolute atomic E-state index is 12.4. The Kier molecular flexibility index (Phi) is 5.06. The number of hydrogen-bond donors (Lipinski definition) is 2. The number of halogens is 1. The Hall–Kier alpha value is -2.20. The van der Waals surface area contributed by atoms with Crippen LogP contribution in [0.5, 0.6) is 5.75 Å². The molecule has 0 spiro atoms. The van der Waals surface area contributed by atoms with Gasteiger partial charge in [-0.3, -0.25) is 4.79 Å². The highest BCUT2D eigenvalue weighted by Gasteiger charge is 2.11. The molecule has 0 radical (unpaired) electrons. The number of para-hydroxylation sites is 1. The number of hydrogen-bond acceptors (Lipinski definition) is 3. The third kappa shape index (κ3) is 3.67. The number of benzene rings is 2. The van der Waals surface area contributed by atoms with Crippen LogP contribution >= 0.6 is 11.6 Å². The number of anilines is 2. The summed E-state index contributed by atoms with van der Waals surface area (Å²) in [7, 11) is 1.55. The average molecular weight is 305 g/mol. The minimum Gasteiger partial charge on any atom is -0.495 e. The van der Waals surface area contributed by atoms with Gasteiger partial charge in [-0.15, -0.1) is 0 Å². The van der Waals surface area contributed by atoms with Gasteiger partial charge >= 0.3 is 0 Å². The van der Waals surface area contributed by atoms with Crippen molar-refractivity contribution in [3.63, 3.8) is 0 Å². The number of ether oxygens (including phenoxy) is 1. The van der Waals surface area contributed by atoms with Crippen molar-refractivity contribution in [2.24, 2.45) is 0 Å². The molecule has 1 amide bonds. The summed E-state index contributed by atoms with van der Waals surface area (Å²) >= 11 is 6.05. The second kappa shape index (κ2) is 6.99. The lowest BCUT2D eigenvalue weighted by molar-refractivity contribution is 0.102. The van der Waals surface area contributed by atoms with E-state index in [0.717, 1.165) is 12.2 Å². The van der Waals surface area contributed by atoms with E-state index in [1.54, 1.807) is 31.4 Å². The number of amides is 1. The van der Waals surface area contributed by atoms with Crippen molar-refractivity contribution >= 4 is 28.9 Å². The molecule has 0 atom stereocenters. The largest absolute Gasteiger partial charge is 0.495 e. The monoisotopic (exact) mass is 304 g/mol. The van der Waals surface area contributed by atoms with Gasteiger partial charge in [0.05, 0.1) is 17.7 Å². The number of carbonyl (C=O) groups is 1. The summed E-state index contributed by atoms with van der Waals surface area (Å²) in [4.78, 5) is 12.4. The van der Waals surface area contributed by atoms with Crippen LogP contribution in [0.15, 0.2) is 42.5 Å². The molecule has 2 rings (SSSR count). The molecule has 5 heteroatoms. The van der Waals surface area contributed by atoms with Gasteiger partial charge in [-0.05, 0) is 37.3 Å². The van der Waals surface area contributed by atoms with Crippen molar-refractivity contribution in [2.45, 2.75) is 6.92 Å². The molecule has 0 heterocycles. The number of nitrogens with one attached hydrogen (secondary N) is 2. The van der Waals surface area contributed by atoms with Crippen LogP contribution in [0, 0.1) is 0 Å². The molecular weight excluding hydrogens is 288 g/mol. The second-order valence-corrected chi connectivity index (χ2v) is 4.79. The van der Waals surface area contributed by atoms with Gasteiger partial charge in [0, 0.05) is 17.9 Å². The molecule has 0 bridgehead atoms. The Morgan fingerprint density at radius 3 is 2.67 bits per heavy atom. The fraction of sp³-hybridized carbons (Fsp3) is 0.188. The van der Waals surface area contributed by atoms with Gasteiger partial charge in [-0.25, -0.2) is 0 Å². The SMILES string of the molecule is CCNc1ccccc1C(=O)Nc1ccc(OC)c(Cl)c1. The molecule has 0 aliphatic carbocycles. The van der Waals surface area contributed by atoms with Gasteiger partial charge in [0.2, 0.25) is 0 Å². The predicted octanol–water partition coefficient (Wildman–Crippen LogP) is 4.03. The van der Waals surface area contributed by atoms with Crippen LogP contribution in [-0.4, -0.2) is 19.6 Å². The van der Waals surface area contributed by atoms with Crippen LogP contribution in [0.4, 0.5) is 11.4 Å². The van der Waals surface area contributed by atoms with Gasteiger partial charge in [0.15, 0.2) is 0 Å². The first-order valence-corrected chi connectivity index (χ1v) is 7.01. The highest BCUT2D eigenvalue weighted by molar-refractivity contribution is 6.32. The number of methoxy groups -OCH3 is 1. The molecular formula is C16H17ClN2O2. The maximum atomic E-state index is 12.4.